The maximum absolute atomic E-state index is 13.8. The van der Waals surface area contributed by atoms with E-state index in [0.29, 0.717) is 17.1 Å². The number of halogens is 1. The first-order valence-corrected chi connectivity index (χ1v) is 6.41. The lowest BCUT2D eigenvalue weighted by atomic mass is 9.98. The molecule has 0 saturated heterocycles. The Labute approximate surface area is 123 Å². The largest absolute Gasteiger partial charge is 0.497 e. The second-order valence-corrected chi connectivity index (χ2v) is 4.48. The predicted molar refractivity (Wildman–Crippen MR) is 78.5 cm³/mol. The lowest BCUT2D eigenvalue weighted by Crippen LogP contribution is -2.13. The van der Waals surface area contributed by atoms with Crippen molar-refractivity contribution in [2.75, 3.05) is 21.3 Å². The first-order chi connectivity index (χ1) is 10.1. The van der Waals surface area contributed by atoms with Gasteiger partial charge in [0, 0.05) is 5.56 Å². The molecule has 0 fully saturated rings. The van der Waals surface area contributed by atoms with E-state index >= 15 is 0 Å². The zero-order valence-electron chi connectivity index (χ0n) is 12.2. The minimum absolute atomic E-state index is 0.184. The Kier molecular flexibility index (Phi) is 4.65. The van der Waals surface area contributed by atoms with Crippen molar-refractivity contribution in [2.24, 2.45) is 5.73 Å². The molecule has 0 aromatic heterocycles. The molecule has 0 spiro atoms. The third-order valence-corrected chi connectivity index (χ3v) is 3.31. The molecule has 4 nitrogen and oxygen atoms in total. The number of rotatable bonds is 5. The van der Waals surface area contributed by atoms with Crippen LogP contribution in [0.1, 0.15) is 17.2 Å². The standard InChI is InChI=1S/C16H18FNO3/c1-19-11-5-7-14(20-2)12(9-11)16(18)10-4-6-15(21-3)13(17)8-10/h4-9,16H,18H2,1-3H3. The van der Waals surface area contributed by atoms with E-state index in [1.807, 2.05) is 0 Å². The third kappa shape index (κ3) is 3.08. The Morgan fingerprint density at radius 3 is 2.14 bits per heavy atom. The van der Waals surface area contributed by atoms with E-state index in [1.54, 1.807) is 44.6 Å². The van der Waals surface area contributed by atoms with Gasteiger partial charge in [-0.25, -0.2) is 4.39 Å². The van der Waals surface area contributed by atoms with Crippen molar-refractivity contribution < 1.29 is 18.6 Å². The van der Waals surface area contributed by atoms with Gasteiger partial charge < -0.3 is 19.9 Å². The van der Waals surface area contributed by atoms with E-state index in [-0.39, 0.29) is 5.75 Å². The second kappa shape index (κ2) is 6.45. The number of hydrogen-bond acceptors (Lipinski definition) is 4. The lowest BCUT2D eigenvalue weighted by molar-refractivity contribution is 0.385. The molecule has 21 heavy (non-hydrogen) atoms. The van der Waals surface area contributed by atoms with Crippen LogP contribution in [0.25, 0.3) is 0 Å². The van der Waals surface area contributed by atoms with Crippen molar-refractivity contribution in [2.45, 2.75) is 6.04 Å². The van der Waals surface area contributed by atoms with Gasteiger partial charge in [-0.1, -0.05) is 6.07 Å². The van der Waals surface area contributed by atoms with Gasteiger partial charge in [0.1, 0.15) is 11.5 Å². The molecule has 2 aromatic carbocycles. The highest BCUT2D eigenvalue weighted by Gasteiger charge is 2.17. The molecule has 0 aliphatic carbocycles. The summed E-state index contributed by atoms with van der Waals surface area (Å²) in [5.74, 6) is 1.02. The van der Waals surface area contributed by atoms with E-state index in [1.165, 1.54) is 13.2 Å². The predicted octanol–water partition coefficient (Wildman–Crippen LogP) is 2.90. The Morgan fingerprint density at radius 2 is 1.57 bits per heavy atom. The van der Waals surface area contributed by atoms with Crippen LogP contribution in [0.3, 0.4) is 0 Å². The van der Waals surface area contributed by atoms with Crippen molar-refractivity contribution in [3.63, 3.8) is 0 Å². The van der Waals surface area contributed by atoms with Crippen LogP contribution in [0.5, 0.6) is 17.2 Å². The summed E-state index contributed by atoms with van der Waals surface area (Å²) in [6, 6.07) is 9.45. The average Bonchev–Trinajstić information content (AvgIpc) is 2.53. The van der Waals surface area contributed by atoms with Gasteiger partial charge in [0.2, 0.25) is 0 Å². The van der Waals surface area contributed by atoms with Gasteiger partial charge in [0.15, 0.2) is 11.6 Å². The normalized spacial score (nSPS) is 11.9. The summed E-state index contributed by atoms with van der Waals surface area (Å²) in [7, 11) is 4.56. The number of hydrogen-bond donors (Lipinski definition) is 1. The second-order valence-electron chi connectivity index (χ2n) is 4.48. The quantitative estimate of drug-likeness (QED) is 0.920. The highest BCUT2D eigenvalue weighted by molar-refractivity contribution is 5.46. The van der Waals surface area contributed by atoms with Crippen molar-refractivity contribution in [3.05, 3.63) is 53.3 Å². The SMILES string of the molecule is COc1ccc(OC)c(C(N)c2ccc(OC)c(F)c2)c1. The maximum atomic E-state index is 13.8. The zero-order valence-corrected chi connectivity index (χ0v) is 12.2. The third-order valence-electron chi connectivity index (χ3n) is 3.31. The Hall–Kier alpha value is -2.27. The number of methoxy groups -OCH3 is 3. The number of benzene rings is 2. The maximum Gasteiger partial charge on any atom is 0.165 e. The Bertz CT molecular complexity index is 631. The summed E-state index contributed by atoms with van der Waals surface area (Å²) in [5, 5.41) is 0. The summed E-state index contributed by atoms with van der Waals surface area (Å²) >= 11 is 0. The van der Waals surface area contributed by atoms with Gasteiger partial charge in [0.05, 0.1) is 27.4 Å². The number of nitrogens with two attached hydrogens (primary N) is 1. The Balaban J connectivity index is 2.43. The Morgan fingerprint density at radius 1 is 0.905 bits per heavy atom. The van der Waals surface area contributed by atoms with Crippen molar-refractivity contribution in [3.8, 4) is 17.2 Å². The molecule has 0 saturated carbocycles. The van der Waals surface area contributed by atoms with Crippen molar-refractivity contribution >= 4 is 0 Å². The molecule has 5 heteroatoms. The molecule has 1 unspecified atom stereocenters. The molecule has 112 valence electrons. The smallest absolute Gasteiger partial charge is 0.165 e. The van der Waals surface area contributed by atoms with Crippen molar-refractivity contribution in [1.82, 2.24) is 0 Å². The van der Waals surface area contributed by atoms with Crippen LogP contribution in [0.4, 0.5) is 4.39 Å². The van der Waals surface area contributed by atoms with Gasteiger partial charge in [-0.3, -0.25) is 0 Å². The van der Waals surface area contributed by atoms with E-state index in [9.17, 15) is 4.39 Å². The molecule has 0 bridgehead atoms. The zero-order chi connectivity index (χ0) is 15.4. The van der Waals surface area contributed by atoms with Crippen LogP contribution < -0.4 is 19.9 Å². The van der Waals surface area contributed by atoms with Gasteiger partial charge in [0.25, 0.3) is 0 Å². The van der Waals surface area contributed by atoms with E-state index in [4.69, 9.17) is 19.9 Å². The molecule has 2 N–H and O–H groups in total. The van der Waals surface area contributed by atoms with Gasteiger partial charge in [-0.05, 0) is 35.9 Å². The van der Waals surface area contributed by atoms with Gasteiger partial charge in [-0.2, -0.15) is 0 Å². The van der Waals surface area contributed by atoms with Crippen molar-refractivity contribution in [1.29, 1.82) is 0 Å². The fourth-order valence-corrected chi connectivity index (χ4v) is 2.14. The monoisotopic (exact) mass is 291 g/mol. The average molecular weight is 291 g/mol. The van der Waals surface area contributed by atoms with E-state index in [2.05, 4.69) is 0 Å². The minimum Gasteiger partial charge on any atom is -0.497 e. The van der Waals surface area contributed by atoms with Crippen LogP contribution in [-0.4, -0.2) is 21.3 Å². The molecule has 0 aliphatic heterocycles. The fraction of sp³-hybridized carbons (Fsp3) is 0.250. The number of ether oxygens (including phenoxy) is 3. The first-order valence-electron chi connectivity index (χ1n) is 6.41. The summed E-state index contributed by atoms with van der Waals surface area (Å²) in [4.78, 5) is 0. The molecule has 2 aromatic rings. The lowest BCUT2D eigenvalue weighted by Gasteiger charge is -2.17. The van der Waals surface area contributed by atoms with Crippen LogP contribution in [0.2, 0.25) is 0 Å². The summed E-state index contributed by atoms with van der Waals surface area (Å²) < 4.78 is 29.2. The molecule has 0 radical (unpaired) electrons. The molecule has 0 amide bonds. The topological polar surface area (TPSA) is 53.7 Å². The first kappa shape index (κ1) is 15.1. The minimum atomic E-state index is -0.532. The van der Waals surface area contributed by atoms with Crippen LogP contribution in [0.15, 0.2) is 36.4 Å². The van der Waals surface area contributed by atoms with Crippen LogP contribution in [-0.2, 0) is 0 Å². The van der Waals surface area contributed by atoms with Gasteiger partial charge in [-0.15, -0.1) is 0 Å². The van der Waals surface area contributed by atoms with Crippen LogP contribution in [0, 0.1) is 5.82 Å². The molecule has 0 heterocycles. The molecule has 0 aliphatic rings. The highest BCUT2D eigenvalue weighted by Crippen LogP contribution is 2.32. The van der Waals surface area contributed by atoms with E-state index < -0.39 is 11.9 Å². The summed E-state index contributed by atoms with van der Waals surface area (Å²) in [6.45, 7) is 0. The van der Waals surface area contributed by atoms with Gasteiger partial charge >= 0.3 is 0 Å². The summed E-state index contributed by atoms with van der Waals surface area (Å²) in [5.41, 5.74) is 7.58. The molecular formula is C16H18FNO3. The molecular weight excluding hydrogens is 273 g/mol. The fourth-order valence-electron chi connectivity index (χ4n) is 2.14. The molecule has 2 rings (SSSR count). The van der Waals surface area contributed by atoms with E-state index in [0.717, 1.165) is 5.56 Å². The highest BCUT2D eigenvalue weighted by atomic mass is 19.1. The van der Waals surface area contributed by atoms with Crippen LogP contribution >= 0.6 is 0 Å². The molecule has 1 atom stereocenters. The summed E-state index contributed by atoms with van der Waals surface area (Å²) in [6.07, 6.45) is 0.